The van der Waals surface area contributed by atoms with E-state index in [9.17, 15) is 4.79 Å². The number of hydrogen-bond donors (Lipinski definition) is 1. The average Bonchev–Trinajstić information content (AvgIpc) is 2.93. The summed E-state index contributed by atoms with van der Waals surface area (Å²) in [5.74, 6) is 1.60. The lowest BCUT2D eigenvalue weighted by Crippen LogP contribution is -2.47. The average molecular weight is 346 g/mol. The number of nitrogens with one attached hydrogen (secondary N) is 1. The number of fused-ring (bicyclic) bond motifs is 1. The number of hydrogen-bond acceptors (Lipinski definition) is 6. The van der Waals surface area contributed by atoms with Gasteiger partial charge in [-0.25, -0.2) is 9.97 Å². The van der Waals surface area contributed by atoms with Crippen molar-refractivity contribution in [1.29, 1.82) is 0 Å². The van der Waals surface area contributed by atoms with Crippen molar-refractivity contribution in [3.8, 4) is 0 Å². The molecular formula is C17H26N6O2. The van der Waals surface area contributed by atoms with E-state index in [4.69, 9.17) is 9.72 Å². The Bertz CT molecular complexity index is 779. The van der Waals surface area contributed by atoms with E-state index in [-0.39, 0.29) is 17.4 Å². The third kappa shape index (κ3) is 3.73. The zero-order valence-corrected chi connectivity index (χ0v) is 15.5. The van der Waals surface area contributed by atoms with Crippen LogP contribution in [0.1, 0.15) is 33.5 Å². The first-order chi connectivity index (χ1) is 11.8. The molecule has 3 heterocycles. The highest BCUT2D eigenvalue weighted by atomic mass is 16.5. The number of carbonyl (C=O) groups is 1. The molecule has 0 radical (unpaired) electrons. The van der Waals surface area contributed by atoms with E-state index < -0.39 is 0 Å². The number of amides is 1. The molecule has 0 aliphatic carbocycles. The fourth-order valence-corrected chi connectivity index (χ4v) is 2.83. The van der Waals surface area contributed by atoms with Crippen LogP contribution >= 0.6 is 0 Å². The summed E-state index contributed by atoms with van der Waals surface area (Å²) in [5, 5.41) is 8.56. The first kappa shape index (κ1) is 17.6. The molecule has 1 fully saturated rings. The van der Waals surface area contributed by atoms with Crippen LogP contribution in [0.3, 0.4) is 0 Å². The number of ether oxygens (including phenoxy) is 1. The molecule has 1 atom stereocenters. The van der Waals surface area contributed by atoms with Gasteiger partial charge in [-0.1, -0.05) is 20.8 Å². The summed E-state index contributed by atoms with van der Waals surface area (Å²) in [6.07, 6.45) is 1.71. The van der Waals surface area contributed by atoms with Gasteiger partial charge in [0.2, 0.25) is 5.91 Å². The van der Waals surface area contributed by atoms with Gasteiger partial charge in [-0.3, -0.25) is 9.48 Å². The van der Waals surface area contributed by atoms with E-state index in [1.54, 1.807) is 17.8 Å². The number of morpholine rings is 1. The molecule has 0 unspecified atom stereocenters. The minimum Gasteiger partial charge on any atom is -0.373 e. The lowest BCUT2D eigenvalue weighted by Gasteiger charge is -2.32. The van der Waals surface area contributed by atoms with Gasteiger partial charge in [-0.15, -0.1) is 0 Å². The number of aryl methyl sites for hydroxylation is 1. The molecule has 3 rings (SSSR count). The molecule has 2 aromatic heterocycles. The highest BCUT2D eigenvalue weighted by molar-refractivity contribution is 5.86. The third-order valence-corrected chi connectivity index (χ3v) is 4.34. The Morgan fingerprint density at radius 1 is 1.40 bits per heavy atom. The summed E-state index contributed by atoms with van der Waals surface area (Å²) in [6.45, 7) is 10.2. The summed E-state index contributed by atoms with van der Waals surface area (Å²) in [5.41, 5.74) is 0.638. The molecule has 0 spiro atoms. The van der Waals surface area contributed by atoms with Crippen LogP contribution in [0.4, 0.5) is 5.82 Å². The van der Waals surface area contributed by atoms with Crippen LogP contribution < -0.4 is 5.32 Å². The molecule has 0 bridgehead atoms. The van der Waals surface area contributed by atoms with Gasteiger partial charge in [0.25, 0.3) is 0 Å². The van der Waals surface area contributed by atoms with Crippen LogP contribution in [0.25, 0.3) is 11.0 Å². The summed E-state index contributed by atoms with van der Waals surface area (Å²) in [4.78, 5) is 22.8. The topological polar surface area (TPSA) is 85.2 Å². The summed E-state index contributed by atoms with van der Waals surface area (Å²) in [6, 6.07) is 0. The van der Waals surface area contributed by atoms with Gasteiger partial charge in [0, 0.05) is 39.0 Å². The predicted molar refractivity (Wildman–Crippen MR) is 95.5 cm³/mol. The number of anilines is 1. The largest absolute Gasteiger partial charge is 0.373 e. The fourth-order valence-electron chi connectivity index (χ4n) is 2.83. The first-order valence-corrected chi connectivity index (χ1v) is 8.57. The van der Waals surface area contributed by atoms with E-state index in [2.05, 4.69) is 36.2 Å². The Hall–Kier alpha value is -2.22. The van der Waals surface area contributed by atoms with Crippen molar-refractivity contribution in [2.24, 2.45) is 7.05 Å². The van der Waals surface area contributed by atoms with Gasteiger partial charge in [-0.2, -0.15) is 5.10 Å². The van der Waals surface area contributed by atoms with Gasteiger partial charge in [0.15, 0.2) is 5.65 Å². The first-order valence-electron chi connectivity index (χ1n) is 8.57. The summed E-state index contributed by atoms with van der Waals surface area (Å²) >= 11 is 0. The van der Waals surface area contributed by atoms with Crippen LogP contribution in [0, 0.1) is 0 Å². The molecule has 0 saturated carbocycles. The zero-order valence-electron chi connectivity index (χ0n) is 15.5. The van der Waals surface area contributed by atoms with E-state index in [0.29, 0.717) is 26.2 Å². The van der Waals surface area contributed by atoms with E-state index >= 15 is 0 Å². The Kier molecular flexibility index (Phi) is 4.64. The quantitative estimate of drug-likeness (QED) is 0.902. The van der Waals surface area contributed by atoms with Crippen LogP contribution in [-0.4, -0.2) is 62.9 Å². The molecule has 1 aliphatic rings. The van der Waals surface area contributed by atoms with Crippen molar-refractivity contribution in [3.63, 3.8) is 0 Å². The number of aromatic nitrogens is 4. The Balaban J connectivity index is 1.82. The molecule has 0 aromatic carbocycles. The molecule has 1 aliphatic heterocycles. The Morgan fingerprint density at radius 2 is 2.16 bits per heavy atom. The third-order valence-electron chi connectivity index (χ3n) is 4.34. The normalized spacial score (nSPS) is 18.6. The Morgan fingerprint density at radius 3 is 2.84 bits per heavy atom. The SMILES string of the molecule is CC(=O)N1CCO[C@H](CNc2nc(C(C)(C)C)nc3c2cnn3C)C1. The van der Waals surface area contributed by atoms with Crippen LogP contribution in [0.15, 0.2) is 6.20 Å². The molecule has 2 aromatic rings. The maximum Gasteiger partial charge on any atom is 0.219 e. The second-order valence-electron chi connectivity index (χ2n) is 7.49. The van der Waals surface area contributed by atoms with Crippen LogP contribution in [-0.2, 0) is 22.0 Å². The van der Waals surface area contributed by atoms with Gasteiger partial charge >= 0.3 is 0 Å². The number of carbonyl (C=O) groups excluding carboxylic acids is 1. The van der Waals surface area contributed by atoms with Gasteiger partial charge in [-0.05, 0) is 0 Å². The number of rotatable bonds is 3. The molecule has 136 valence electrons. The second kappa shape index (κ2) is 6.59. The molecule has 1 saturated heterocycles. The van der Waals surface area contributed by atoms with Crippen molar-refractivity contribution in [1.82, 2.24) is 24.6 Å². The Labute approximate surface area is 147 Å². The number of nitrogens with zero attached hydrogens (tertiary/aromatic N) is 5. The maximum absolute atomic E-state index is 11.6. The smallest absolute Gasteiger partial charge is 0.219 e. The van der Waals surface area contributed by atoms with Crippen molar-refractivity contribution >= 4 is 22.8 Å². The molecule has 25 heavy (non-hydrogen) atoms. The van der Waals surface area contributed by atoms with Crippen LogP contribution in [0.5, 0.6) is 0 Å². The van der Waals surface area contributed by atoms with Crippen molar-refractivity contribution < 1.29 is 9.53 Å². The molecule has 8 nitrogen and oxygen atoms in total. The maximum atomic E-state index is 11.6. The standard InChI is InChI=1S/C17H26N6O2/c1-11(24)23-6-7-25-12(10-23)8-18-14-13-9-19-22(5)15(13)21-16(20-14)17(2,3)4/h9,12H,6-8,10H2,1-5H3,(H,18,20,21)/t12-/m1/s1. The lowest BCUT2D eigenvalue weighted by molar-refractivity contribution is -0.135. The van der Waals surface area contributed by atoms with Crippen molar-refractivity contribution in [2.45, 2.75) is 39.2 Å². The predicted octanol–water partition coefficient (Wildman–Crippen LogP) is 1.32. The van der Waals surface area contributed by atoms with Gasteiger partial charge < -0.3 is 15.0 Å². The highest BCUT2D eigenvalue weighted by Crippen LogP contribution is 2.25. The monoisotopic (exact) mass is 346 g/mol. The van der Waals surface area contributed by atoms with E-state index in [1.807, 2.05) is 11.9 Å². The van der Waals surface area contributed by atoms with Crippen molar-refractivity contribution in [3.05, 3.63) is 12.0 Å². The fraction of sp³-hybridized carbons (Fsp3) is 0.647. The molecule has 1 N–H and O–H groups in total. The minimum atomic E-state index is -0.165. The molecule has 1 amide bonds. The van der Waals surface area contributed by atoms with Gasteiger partial charge in [0.1, 0.15) is 11.6 Å². The summed E-state index contributed by atoms with van der Waals surface area (Å²) in [7, 11) is 1.88. The highest BCUT2D eigenvalue weighted by Gasteiger charge is 2.24. The summed E-state index contributed by atoms with van der Waals surface area (Å²) < 4.78 is 7.53. The lowest BCUT2D eigenvalue weighted by atomic mass is 9.95. The molecular weight excluding hydrogens is 320 g/mol. The van der Waals surface area contributed by atoms with Crippen LogP contribution in [0.2, 0.25) is 0 Å². The van der Waals surface area contributed by atoms with Gasteiger partial charge in [0.05, 0.1) is 24.3 Å². The van der Waals surface area contributed by atoms with Crippen molar-refractivity contribution in [2.75, 3.05) is 31.6 Å². The second-order valence-corrected chi connectivity index (χ2v) is 7.49. The van der Waals surface area contributed by atoms with E-state index in [0.717, 1.165) is 22.7 Å². The zero-order chi connectivity index (χ0) is 18.2. The molecule has 8 heteroatoms. The van der Waals surface area contributed by atoms with E-state index in [1.165, 1.54) is 0 Å². The minimum absolute atomic E-state index is 0.0579.